The summed E-state index contributed by atoms with van der Waals surface area (Å²) in [6.07, 6.45) is 0.367. The lowest BCUT2D eigenvalue weighted by Gasteiger charge is -2.03. The topological polar surface area (TPSA) is 68.0 Å². The van der Waals surface area contributed by atoms with Gasteiger partial charge in [0, 0.05) is 25.2 Å². The van der Waals surface area contributed by atoms with E-state index in [0.717, 1.165) is 11.4 Å². The van der Waals surface area contributed by atoms with Gasteiger partial charge >= 0.3 is 0 Å². The van der Waals surface area contributed by atoms with Gasteiger partial charge in [0.15, 0.2) is 0 Å². The molecule has 3 N–H and O–H groups in total. The minimum absolute atomic E-state index is 0.283. The third-order valence-electron chi connectivity index (χ3n) is 1.80. The van der Waals surface area contributed by atoms with Gasteiger partial charge < -0.3 is 11.1 Å². The molecule has 0 bridgehead atoms. The van der Waals surface area contributed by atoms with E-state index in [4.69, 9.17) is 5.73 Å². The molecule has 1 aromatic heterocycles. The number of hydrogen-bond donors (Lipinski definition) is 2. The average Bonchev–Trinajstić information content (AvgIpc) is 2.12. The Hall–Kier alpha value is -1.42. The lowest BCUT2D eigenvalue weighted by Crippen LogP contribution is -2.22. The van der Waals surface area contributed by atoms with E-state index in [1.54, 1.807) is 0 Å². The summed E-state index contributed by atoms with van der Waals surface area (Å²) in [6, 6.07) is 5.87. The van der Waals surface area contributed by atoms with Gasteiger partial charge in [-0.05, 0) is 19.1 Å². The van der Waals surface area contributed by atoms with Crippen molar-refractivity contribution >= 4 is 5.91 Å². The van der Waals surface area contributed by atoms with Gasteiger partial charge in [0.25, 0.3) is 0 Å². The van der Waals surface area contributed by atoms with Gasteiger partial charge in [-0.15, -0.1) is 0 Å². The van der Waals surface area contributed by atoms with Gasteiger partial charge in [-0.1, -0.05) is 6.07 Å². The van der Waals surface area contributed by atoms with E-state index in [9.17, 15) is 4.79 Å². The summed E-state index contributed by atoms with van der Waals surface area (Å²) < 4.78 is 0. The molecule has 4 heteroatoms. The van der Waals surface area contributed by atoms with E-state index in [1.807, 2.05) is 25.1 Å². The Kier molecular flexibility index (Phi) is 4.07. The van der Waals surface area contributed by atoms with Gasteiger partial charge in [-0.25, -0.2) is 0 Å². The van der Waals surface area contributed by atoms with Crippen LogP contribution in [-0.2, 0) is 11.3 Å². The Morgan fingerprint density at radius 1 is 1.57 bits per heavy atom. The standard InChI is InChI=1S/C10H15N3O/c1-8-3-2-4-9(13-8)7-12-6-5-10(11)14/h2-4,12H,5-7H2,1H3,(H2,11,14). The second-order valence-electron chi connectivity index (χ2n) is 3.16. The molecule has 1 rings (SSSR count). The van der Waals surface area contributed by atoms with Crippen molar-refractivity contribution in [1.82, 2.24) is 10.3 Å². The van der Waals surface area contributed by atoms with Crippen LogP contribution in [0, 0.1) is 6.92 Å². The van der Waals surface area contributed by atoms with Crippen LogP contribution in [0.4, 0.5) is 0 Å². The molecular formula is C10H15N3O. The van der Waals surface area contributed by atoms with E-state index >= 15 is 0 Å². The minimum Gasteiger partial charge on any atom is -0.370 e. The zero-order valence-electron chi connectivity index (χ0n) is 8.29. The van der Waals surface area contributed by atoms with E-state index in [0.29, 0.717) is 19.5 Å². The number of primary amides is 1. The van der Waals surface area contributed by atoms with Crippen molar-refractivity contribution in [2.24, 2.45) is 5.73 Å². The molecule has 0 aliphatic heterocycles. The van der Waals surface area contributed by atoms with E-state index in [2.05, 4.69) is 10.3 Å². The number of amides is 1. The Bertz CT molecular complexity index is 312. The van der Waals surface area contributed by atoms with Gasteiger partial charge in [0.1, 0.15) is 0 Å². The summed E-state index contributed by atoms with van der Waals surface area (Å²) in [4.78, 5) is 14.7. The summed E-state index contributed by atoms with van der Waals surface area (Å²) >= 11 is 0. The van der Waals surface area contributed by atoms with Crippen molar-refractivity contribution in [1.29, 1.82) is 0 Å². The highest BCUT2D eigenvalue weighted by atomic mass is 16.1. The molecule has 0 unspecified atom stereocenters. The van der Waals surface area contributed by atoms with Crippen LogP contribution in [0.2, 0.25) is 0 Å². The molecule has 76 valence electrons. The maximum absolute atomic E-state index is 10.4. The average molecular weight is 193 g/mol. The highest BCUT2D eigenvalue weighted by molar-refractivity contribution is 5.73. The number of hydrogen-bond acceptors (Lipinski definition) is 3. The predicted molar refractivity (Wildman–Crippen MR) is 54.5 cm³/mol. The normalized spacial score (nSPS) is 10.1. The molecule has 0 saturated carbocycles. The van der Waals surface area contributed by atoms with E-state index in [1.165, 1.54) is 0 Å². The number of carbonyl (C=O) groups is 1. The molecule has 0 aliphatic rings. The zero-order valence-corrected chi connectivity index (χ0v) is 8.29. The van der Waals surface area contributed by atoms with Crippen LogP contribution in [-0.4, -0.2) is 17.4 Å². The van der Waals surface area contributed by atoms with Crippen molar-refractivity contribution in [3.63, 3.8) is 0 Å². The summed E-state index contributed by atoms with van der Waals surface area (Å²) in [6.45, 7) is 3.23. The maximum atomic E-state index is 10.4. The molecule has 0 radical (unpaired) electrons. The molecule has 0 aliphatic carbocycles. The van der Waals surface area contributed by atoms with Crippen LogP contribution >= 0.6 is 0 Å². The fourth-order valence-electron chi connectivity index (χ4n) is 1.13. The smallest absolute Gasteiger partial charge is 0.218 e. The van der Waals surface area contributed by atoms with Gasteiger partial charge in [0.05, 0.1) is 5.69 Å². The van der Waals surface area contributed by atoms with Gasteiger partial charge in [0.2, 0.25) is 5.91 Å². The monoisotopic (exact) mass is 193 g/mol. The van der Waals surface area contributed by atoms with Crippen LogP contribution in [0.5, 0.6) is 0 Å². The first-order valence-corrected chi connectivity index (χ1v) is 4.60. The predicted octanol–water partition coefficient (Wildman–Crippen LogP) is 0.355. The number of nitrogens with one attached hydrogen (secondary N) is 1. The largest absolute Gasteiger partial charge is 0.370 e. The summed E-state index contributed by atoms with van der Waals surface area (Å²) in [5.41, 5.74) is 6.98. The van der Waals surface area contributed by atoms with Gasteiger partial charge in [-0.3, -0.25) is 9.78 Å². The number of nitrogens with two attached hydrogens (primary N) is 1. The summed E-state index contributed by atoms with van der Waals surface area (Å²) in [5, 5.41) is 3.10. The lowest BCUT2D eigenvalue weighted by atomic mass is 10.3. The second-order valence-corrected chi connectivity index (χ2v) is 3.16. The van der Waals surface area contributed by atoms with Crippen molar-refractivity contribution < 1.29 is 4.79 Å². The third-order valence-corrected chi connectivity index (χ3v) is 1.80. The Balaban J connectivity index is 2.28. The van der Waals surface area contributed by atoms with Crippen LogP contribution in [0.3, 0.4) is 0 Å². The number of pyridine rings is 1. The van der Waals surface area contributed by atoms with Crippen LogP contribution < -0.4 is 11.1 Å². The first kappa shape index (κ1) is 10.7. The van der Waals surface area contributed by atoms with Crippen LogP contribution in [0.15, 0.2) is 18.2 Å². The molecule has 0 spiro atoms. The number of rotatable bonds is 5. The molecule has 1 aromatic rings. The quantitative estimate of drug-likeness (QED) is 0.663. The lowest BCUT2D eigenvalue weighted by molar-refractivity contribution is -0.117. The molecule has 0 atom stereocenters. The fourth-order valence-corrected chi connectivity index (χ4v) is 1.13. The maximum Gasteiger partial charge on any atom is 0.218 e. The van der Waals surface area contributed by atoms with Crippen molar-refractivity contribution in [3.05, 3.63) is 29.6 Å². The fraction of sp³-hybridized carbons (Fsp3) is 0.400. The molecule has 4 nitrogen and oxygen atoms in total. The van der Waals surface area contributed by atoms with E-state index < -0.39 is 0 Å². The molecule has 14 heavy (non-hydrogen) atoms. The Morgan fingerprint density at radius 2 is 2.36 bits per heavy atom. The summed E-state index contributed by atoms with van der Waals surface area (Å²) in [5.74, 6) is -0.283. The zero-order chi connectivity index (χ0) is 10.4. The molecule has 0 fully saturated rings. The second kappa shape index (κ2) is 5.34. The number of nitrogens with zero attached hydrogens (tertiary/aromatic N) is 1. The van der Waals surface area contributed by atoms with Gasteiger partial charge in [-0.2, -0.15) is 0 Å². The summed E-state index contributed by atoms with van der Waals surface area (Å²) in [7, 11) is 0. The molecule has 1 amide bonds. The highest BCUT2D eigenvalue weighted by Crippen LogP contribution is 1.97. The van der Waals surface area contributed by atoms with Crippen molar-refractivity contribution in [2.45, 2.75) is 19.9 Å². The molecule has 0 aromatic carbocycles. The SMILES string of the molecule is Cc1cccc(CNCCC(N)=O)n1. The minimum atomic E-state index is -0.283. The Morgan fingerprint density at radius 3 is 3.00 bits per heavy atom. The Labute approximate surface area is 83.5 Å². The number of aromatic nitrogens is 1. The highest BCUT2D eigenvalue weighted by Gasteiger charge is 1.96. The molecule has 0 saturated heterocycles. The third kappa shape index (κ3) is 4.00. The first-order chi connectivity index (χ1) is 6.68. The first-order valence-electron chi connectivity index (χ1n) is 4.60. The van der Waals surface area contributed by atoms with E-state index in [-0.39, 0.29) is 5.91 Å². The van der Waals surface area contributed by atoms with Crippen molar-refractivity contribution in [2.75, 3.05) is 6.54 Å². The number of carbonyl (C=O) groups excluding carboxylic acids is 1. The molecular weight excluding hydrogens is 178 g/mol. The van der Waals surface area contributed by atoms with Crippen LogP contribution in [0.25, 0.3) is 0 Å². The molecule has 1 heterocycles. The number of aryl methyl sites for hydroxylation is 1. The van der Waals surface area contributed by atoms with Crippen LogP contribution in [0.1, 0.15) is 17.8 Å². The van der Waals surface area contributed by atoms with Crippen molar-refractivity contribution in [3.8, 4) is 0 Å².